The summed E-state index contributed by atoms with van der Waals surface area (Å²) >= 11 is 3.53. The quantitative estimate of drug-likeness (QED) is 0.403. The molecule has 0 aliphatic heterocycles. The number of thiophene rings is 2. The fourth-order valence-corrected chi connectivity index (χ4v) is 5.51. The minimum atomic E-state index is -0.247. The molecule has 0 bridgehead atoms. The molecule has 3 aromatic rings. The number of benzene rings is 1. The Morgan fingerprint density at radius 3 is 1.43 bits per heavy atom. The molecule has 0 atom stereocenters. The van der Waals surface area contributed by atoms with Gasteiger partial charge in [-0.3, -0.25) is 9.59 Å². The lowest BCUT2D eigenvalue weighted by Crippen LogP contribution is -2.03. The summed E-state index contributed by atoms with van der Waals surface area (Å²) in [5.74, 6) is -0.493. The van der Waals surface area contributed by atoms with E-state index in [1.54, 1.807) is 22.7 Å². The van der Waals surface area contributed by atoms with Gasteiger partial charge in [-0.05, 0) is 48.2 Å². The minimum Gasteiger partial charge on any atom is -0.466 e. The van der Waals surface area contributed by atoms with Crippen molar-refractivity contribution in [1.29, 1.82) is 0 Å². The highest BCUT2D eigenvalue weighted by Gasteiger charge is 2.13. The van der Waals surface area contributed by atoms with Crippen LogP contribution >= 0.6 is 22.7 Å². The van der Waals surface area contributed by atoms with Gasteiger partial charge in [0.15, 0.2) is 0 Å². The van der Waals surface area contributed by atoms with Gasteiger partial charge in [-0.2, -0.15) is 0 Å². The number of hydrogen-bond acceptors (Lipinski definition) is 6. The Kier molecular flexibility index (Phi) is 7.45. The Bertz CT molecular complexity index is 945. The van der Waals surface area contributed by atoms with E-state index in [1.165, 1.54) is 55.6 Å². The van der Waals surface area contributed by atoms with Crippen molar-refractivity contribution in [3.63, 3.8) is 0 Å². The van der Waals surface area contributed by atoms with Crippen LogP contribution in [0.3, 0.4) is 0 Å². The maximum absolute atomic E-state index is 11.1. The zero-order valence-corrected chi connectivity index (χ0v) is 19.4. The van der Waals surface area contributed by atoms with E-state index < -0.39 is 0 Å². The Morgan fingerprint density at radius 1 is 0.733 bits per heavy atom. The van der Waals surface area contributed by atoms with Crippen LogP contribution in [-0.2, 0) is 31.9 Å². The maximum Gasteiger partial charge on any atom is 0.302 e. The molecule has 0 N–H and O–H groups in total. The van der Waals surface area contributed by atoms with Crippen LogP contribution in [0.5, 0.6) is 0 Å². The van der Waals surface area contributed by atoms with Gasteiger partial charge in [0, 0.05) is 46.2 Å². The fourth-order valence-electron chi connectivity index (χ4n) is 3.38. The molecular weight excluding hydrogens is 416 g/mol. The van der Waals surface area contributed by atoms with Gasteiger partial charge in [-0.25, -0.2) is 0 Å². The van der Waals surface area contributed by atoms with Gasteiger partial charge in [0.05, 0.1) is 13.2 Å². The van der Waals surface area contributed by atoms with E-state index in [2.05, 4.69) is 50.2 Å². The van der Waals surface area contributed by atoms with E-state index >= 15 is 0 Å². The van der Waals surface area contributed by atoms with Gasteiger partial charge in [-0.1, -0.05) is 24.3 Å². The second-order valence-electron chi connectivity index (χ2n) is 7.18. The highest BCUT2D eigenvalue weighted by Crippen LogP contribution is 2.37. The molecular formula is C24H26O4S2. The summed E-state index contributed by atoms with van der Waals surface area (Å²) in [6, 6.07) is 13.0. The lowest BCUT2D eigenvalue weighted by atomic mass is 10.0. The first-order chi connectivity index (χ1) is 14.3. The van der Waals surface area contributed by atoms with Gasteiger partial charge >= 0.3 is 11.9 Å². The van der Waals surface area contributed by atoms with Gasteiger partial charge in [-0.15, -0.1) is 22.7 Å². The summed E-state index contributed by atoms with van der Waals surface area (Å²) < 4.78 is 10.2. The average Bonchev–Trinajstić information content (AvgIpc) is 3.23. The van der Waals surface area contributed by atoms with Crippen molar-refractivity contribution in [3.05, 3.63) is 57.3 Å². The highest BCUT2D eigenvalue weighted by atomic mass is 32.1. The number of ether oxygens (including phenoxy) is 2. The van der Waals surface area contributed by atoms with Gasteiger partial charge in [0.1, 0.15) is 0 Å². The van der Waals surface area contributed by atoms with Crippen molar-refractivity contribution in [1.82, 2.24) is 0 Å². The number of rotatable bonds is 8. The van der Waals surface area contributed by atoms with Gasteiger partial charge < -0.3 is 9.47 Å². The molecule has 0 saturated carbocycles. The number of carbonyl (C=O) groups is 2. The van der Waals surface area contributed by atoms with Crippen molar-refractivity contribution < 1.29 is 19.1 Å². The van der Waals surface area contributed by atoms with Gasteiger partial charge in [0.2, 0.25) is 0 Å². The van der Waals surface area contributed by atoms with Crippen LogP contribution in [0.2, 0.25) is 0 Å². The van der Waals surface area contributed by atoms with Crippen LogP contribution in [0.15, 0.2) is 36.4 Å². The van der Waals surface area contributed by atoms with Crippen molar-refractivity contribution in [2.75, 3.05) is 13.2 Å². The molecule has 30 heavy (non-hydrogen) atoms. The molecule has 2 aromatic heterocycles. The summed E-state index contributed by atoms with van der Waals surface area (Å²) in [5, 5.41) is 0. The van der Waals surface area contributed by atoms with Crippen LogP contribution in [-0.4, -0.2) is 25.2 Å². The normalized spacial score (nSPS) is 10.8. The number of hydrogen-bond donors (Lipinski definition) is 0. The molecule has 2 heterocycles. The molecule has 1 aromatic carbocycles. The van der Waals surface area contributed by atoms with Gasteiger partial charge in [0.25, 0.3) is 0 Å². The number of aryl methyl sites for hydroxylation is 2. The van der Waals surface area contributed by atoms with Crippen molar-refractivity contribution in [2.24, 2.45) is 0 Å². The molecule has 0 fully saturated rings. The molecule has 6 heteroatoms. The SMILES string of the molecule is CC(=O)OCCc1cc(C)sc1-c1ccc(-c2sc(C)cc2CCOC(C)=O)cc1. The smallest absolute Gasteiger partial charge is 0.302 e. The molecule has 4 nitrogen and oxygen atoms in total. The Hall–Kier alpha value is -2.44. The van der Waals surface area contributed by atoms with Crippen LogP contribution in [0.1, 0.15) is 34.7 Å². The molecule has 0 aliphatic carbocycles. The third-order valence-corrected chi connectivity index (χ3v) is 6.91. The lowest BCUT2D eigenvalue weighted by Gasteiger charge is -2.08. The Labute approximate surface area is 185 Å². The number of carbonyl (C=O) groups excluding carboxylic acids is 2. The monoisotopic (exact) mass is 442 g/mol. The zero-order chi connectivity index (χ0) is 21.7. The molecule has 0 radical (unpaired) electrons. The second-order valence-corrected chi connectivity index (χ2v) is 9.69. The maximum atomic E-state index is 11.1. The molecule has 158 valence electrons. The molecule has 3 rings (SSSR count). The summed E-state index contributed by atoms with van der Waals surface area (Å²) in [4.78, 5) is 27.0. The van der Waals surface area contributed by atoms with Crippen molar-refractivity contribution in [2.45, 2.75) is 40.5 Å². The second kappa shape index (κ2) is 10.0. The molecule has 0 saturated heterocycles. The summed E-state index contributed by atoms with van der Waals surface area (Å²) in [6.45, 7) is 7.87. The van der Waals surface area contributed by atoms with Crippen LogP contribution in [0.25, 0.3) is 20.9 Å². The first kappa shape index (κ1) is 22.2. The molecule has 0 amide bonds. The van der Waals surface area contributed by atoms with E-state index in [4.69, 9.17) is 9.47 Å². The molecule has 0 spiro atoms. The first-order valence-electron chi connectivity index (χ1n) is 9.89. The van der Waals surface area contributed by atoms with Crippen LogP contribution in [0.4, 0.5) is 0 Å². The largest absolute Gasteiger partial charge is 0.466 e. The van der Waals surface area contributed by atoms with Crippen LogP contribution < -0.4 is 0 Å². The van der Waals surface area contributed by atoms with E-state index in [0.29, 0.717) is 26.1 Å². The molecule has 0 aliphatic rings. The van der Waals surface area contributed by atoms with E-state index in [1.807, 2.05) is 0 Å². The predicted octanol–water partition coefficient (Wildman–Crippen LogP) is 5.97. The van der Waals surface area contributed by atoms with Crippen molar-refractivity contribution >= 4 is 34.6 Å². The summed E-state index contributed by atoms with van der Waals surface area (Å²) in [7, 11) is 0. The standard InChI is InChI=1S/C24H26O4S2/c1-15-13-21(9-11-27-17(3)25)23(29-15)19-5-7-20(8-6-19)24-22(14-16(2)30-24)10-12-28-18(4)26/h5-8,13-14H,9-12H2,1-4H3. The highest BCUT2D eigenvalue weighted by molar-refractivity contribution is 7.16. The topological polar surface area (TPSA) is 52.6 Å². The Morgan fingerprint density at radius 2 is 1.10 bits per heavy atom. The van der Waals surface area contributed by atoms with E-state index in [0.717, 1.165) is 0 Å². The zero-order valence-electron chi connectivity index (χ0n) is 17.7. The third kappa shape index (κ3) is 5.80. The summed E-state index contributed by atoms with van der Waals surface area (Å²) in [5.41, 5.74) is 4.76. The summed E-state index contributed by atoms with van der Waals surface area (Å²) in [6.07, 6.45) is 1.43. The fraction of sp³-hybridized carbons (Fsp3) is 0.333. The first-order valence-corrected chi connectivity index (χ1v) is 11.5. The Balaban J connectivity index is 1.79. The lowest BCUT2D eigenvalue weighted by molar-refractivity contribution is -0.141. The van der Waals surface area contributed by atoms with E-state index in [9.17, 15) is 9.59 Å². The third-order valence-electron chi connectivity index (χ3n) is 4.63. The van der Waals surface area contributed by atoms with Crippen LogP contribution in [0, 0.1) is 13.8 Å². The molecule has 0 unspecified atom stereocenters. The van der Waals surface area contributed by atoms with E-state index in [-0.39, 0.29) is 11.9 Å². The van der Waals surface area contributed by atoms with Crippen molar-refractivity contribution in [3.8, 4) is 20.9 Å². The average molecular weight is 443 g/mol. The predicted molar refractivity (Wildman–Crippen MR) is 123 cm³/mol. The minimum absolute atomic E-state index is 0.247. The number of esters is 2.